The fraction of sp³-hybridized carbons (Fsp3) is 0.357. The topological polar surface area (TPSA) is 75.1 Å². The molecule has 20 heavy (non-hydrogen) atoms. The summed E-state index contributed by atoms with van der Waals surface area (Å²) in [6, 6.07) is 3.15. The van der Waals surface area contributed by atoms with E-state index in [0.717, 1.165) is 15.6 Å². The number of pyridine rings is 1. The predicted octanol–water partition coefficient (Wildman–Crippen LogP) is 3.28. The van der Waals surface area contributed by atoms with Gasteiger partial charge in [-0.1, -0.05) is 6.92 Å². The van der Waals surface area contributed by atoms with Crippen LogP contribution in [0, 0.1) is 6.92 Å². The molecule has 2 heterocycles. The molecule has 5 nitrogen and oxygen atoms in total. The Balaban J connectivity index is 2.24. The highest BCUT2D eigenvalue weighted by atomic mass is 32.1. The van der Waals surface area contributed by atoms with Crippen molar-refractivity contribution >= 4 is 23.1 Å². The first-order chi connectivity index (χ1) is 9.49. The van der Waals surface area contributed by atoms with Gasteiger partial charge in [-0.2, -0.15) is 0 Å². The van der Waals surface area contributed by atoms with Crippen LogP contribution in [0.5, 0.6) is 0 Å². The molecule has 0 radical (unpaired) electrons. The monoisotopic (exact) mass is 291 g/mol. The Morgan fingerprint density at radius 3 is 2.80 bits per heavy atom. The normalized spacial score (nSPS) is 12.2. The molecule has 0 fully saturated rings. The lowest BCUT2D eigenvalue weighted by Gasteiger charge is -2.13. The SMILES string of the molecule is CCc1cc(C(=O)O)cc(NC(C)c2ncc(C)s2)n1. The molecule has 106 valence electrons. The fourth-order valence-corrected chi connectivity index (χ4v) is 2.60. The minimum absolute atomic E-state index is 0.00467. The van der Waals surface area contributed by atoms with Gasteiger partial charge in [0, 0.05) is 16.8 Å². The van der Waals surface area contributed by atoms with Gasteiger partial charge in [0.1, 0.15) is 10.8 Å². The zero-order valence-electron chi connectivity index (χ0n) is 11.7. The molecular formula is C14H17N3O2S. The predicted molar refractivity (Wildman–Crippen MR) is 79.5 cm³/mol. The van der Waals surface area contributed by atoms with Gasteiger partial charge in [0.05, 0.1) is 11.6 Å². The van der Waals surface area contributed by atoms with E-state index in [-0.39, 0.29) is 11.6 Å². The van der Waals surface area contributed by atoms with Crippen LogP contribution in [0.4, 0.5) is 5.82 Å². The van der Waals surface area contributed by atoms with Gasteiger partial charge in [-0.25, -0.2) is 14.8 Å². The van der Waals surface area contributed by atoms with Crippen LogP contribution in [-0.4, -0.2) is 21.0 Å². The molecule has 1 unspecified atom stereocenters. The lowest BCUT2D eigenvalue weighted by Crippen LogP contribution is -2.10. The number of aromatic nitrogens is 2. The summed E-state index contributed by atoms with van der Waals surface area (Å²) in [5, 5.41) is 13.3. The summed E-state index contributed by atoms with van der Waals surface area (Å²) in [5.41, 5.74) is 1.01. The van der Waals surface area contributed by atoms with Crippen molar-refractivity contribution in [1.82, 2.24) is 9.97 Å². The maximum Gasteiger partial charge on any atom is 0.335 e. The largest absolute Gasteiger partial charge is 0.478 e. The Bertz CT molecular complexity index is 625. The molecule has 0 saturated carbocycles. The van der Waals surface area contributed by atoms with Crippen LogP contribution in [0.2, 0.25) is 0 Å². The van der Waals surface area contributed by atoms with E-state index in [2.05, 4.69) is 15.3 Å². The highest BCUT2D eigenvalue weighted by Crippen LogP contribution is 2.23. The van der Waals surface area contributed by atoms with Crippen LogP contribution in [0.25, 0.3) is 0 Å². The molecule has 0 aliphatic carbocycles. The number of hydrogen-bond donors (Lipinski definition) is 2. The second-order valence-corrected chi connectivity index (χ2v) is 5.83. The van der Waals surface area contributed by atoms with Crippen molar-refractivity contribution < 1.29 is 9.90 Å². The van der Waals surface area contributed by atoms with Crippen LogP contribution in [-0.2, 0) is 6.42 Å². The number of hydrogen-bond acceptors (Lipinski definition) is 5. The number of carboxylic acids is 1. The van der Waals surface area contributed by atoms with Crippen molar-refractivity contribution in [3.63, 3.8) is 0 Å². The van der Waals surface area contributed by atoms with E-state index in [1.807, 2.05) is 27.0 Å². The van der Waals surface area contributed by atoms with E-state index in [9.17, 15) is 4.79 Å². The smallest absolute Gasteiger partial charge is 0.335 e. The van der Waals surface area contributed by atoms with Gasteiger partial charge in [-0.15, -0.1) is 11.3 Å². The van der Waals surface area contributed by atoms with Crippen LogP contribution in [0.15, 0.2) is 18.3 Å². The summed E-state index contributed by atoms with van der Waals surface area (Å²) >= 11 is 1.62. The fourth-order valence-electron chi connectivity index (χ4n) is 1.82. The average molecular weight is 291 g/mol. The van der Waals surface area contributed by atoms with Crippen molar-refractivity contribution in [1.29, 1.82) is 0 Å². The van der Waals surface area contributed by atoms with Gasteiger partial charge in [0.25, 0.3) is 0 Å². The maximum absolute atomic E-state index is 11.1. The van der Waals surface area contributed by atoms with Crippen LogP contribution in [0.1, 0.15) is 45.8 Å². The van der Waals surface area contributed by atoms with Crippen LogP contribution >= 0.6 is 11.3 Å². The van der Waals surface area contributed by atoms with Gasteiger partial charge in [-0.3, -0.25) is 0 Å². The maximum atomic E-state index is 11.1. The Hall–Kier alpha value is -1.95. The third-order valence-corrected chi connectivity index (χ3v) is 3.96. The molecule has 0 spiro atoms. The first-order valence-corrected chi connectivity index (χ1v) is 7.24. The second-order valence-electron chi connectivity index (χ2n) is 4.57. The average Bonchev–Trinajstić information content (AvgIpc) is 2.85. The number of nitrogens with zero attached hydrogens (tertiary/aromatic N) is 2. The van der Waals surface area contributed by atoms with Crippen molar-refractivity contribution in [2.75, 3.05) is 5.32 Å². The third-order valence-electron chi connectivity index (χ3n) is 2.86. The van der Waals surface area contributed by atoms with Gasteiger partial charge < -0.3 is 10.4 Å². The Labute approximate surface area is 121 Å². The van der Waals surface area contributed by atoms with Crippen molar-refractivity contribution in [3.05, 3.63) is 39.5 Å². The summed E-state index contributed by atoms with van der Waals surface area (Å²) in [4.78, 5) is 21.0. The number of carboxylic acid groups (broad SMARTS) is 1. The quantitative estimate of drug-likeness (QED) is 0.884. The van der Waals surface area contributed by atoms with E-state index >= 15 is 0 Å². The minimum atomic E-state index is -0.942. The molecule has 0 aromatic carbocycles. The zero-order valence-corrected chi connectivity index (χ0v) is 12.5. The highest BCUT2D eigenvalue weighted by molar-refractivity contribution is 7.11. The van der Waals surface area contributed by atoms with E-state index in [4.69, 9.17) is 5.11 Å². The molecule has 0 saturated heterocycles. The molecule has 0 bridgehead atoms. The number of aryl methyl sites for hydroxylation is 2. The number of nitrogens with one attached hydrogen (secondary N) is 1. The summed E-state index contributed by atoms with van der Waals surface area (Å²) in [7, 11) is 0. The number of carbonyl (C=O) groups is 1. The molecule has 0 aliphatic rings. The van der Waals surface area contributed by atoms with Crippen molar-refractivity contribution in [3.8, 4) is 0 Å². The highest BCUT2D eigenvalue weighted by Gasteiger charge is 2.13. The zero-order chi connectivity index (χ0) is 14.7. The van der Waals surface area contributed by atoms with E-state index in [1.165, 1.54) is 0 Å². The van der Waals surface area contributed by atoms with E-state index in [0.29, 0.717) is 12.2 Å². The number of anilines is 1. The second kappa shape index (κ2) is 6.00. The Morgan fingerprint density at radius 2 is 2.25 bits per heavy atom. The Morgan fingerprint density at radius 1 is 1.50 bits per heavy atom. The van der Waals surface area contributed by atoms with Crippen molar-refractivity contribution in [2.24, 2.45) is 0 Å². The van der Waals surface area contributed by atoms with E-state index < -0.39 is 5.97 Å². The van der Waals surface area contributed by atoms with Crippen LogP contribution < -0.4 is 5.32 Å². The molecule has 0 aliphatic heterocycles. The lowest BCUT2D eigenvalue weighted by molar-refractivity contribution is 0.0696. The Kier molecular flexibility index (Phi) is 4.34. The molecule has 2 aromatic rings. The first kappa shape index (κ1) is 14.5. The number of rotatable bonds is 5. The number of aromatic carboxylic acids is 1. The minimum Gasteiger partial charge on any atom is -0.478 e. The molecule has 6 heteroatoms. The van der Waals surface area contributed by atoms with E-state index in [1.54, 1.807) is 23.5 Å². The van der Waals surface area contributed by atoms with Gasteiger partial charge in [0.2, 0.25) is 0 Å². The molecule has 2 rings (SSSR count). The van der Waals surface area contributed by atoms with Crippen LogP contribution in [0.3, 0.4) is 0 Å². The van der Waals surface area contributed by atoms with Gasteiger partial charge in [0.15, 0.2) is 0 Å². The van der Waals surface area contributed by atoms with Gasteiger partial charge >= 0.3 is 5.97 Å². The summed E-state index contributed by atoms with van der Waals surface area (Å²) in [6.07, 6.45) is 2.53. The first-order valence-electron chi connectivity index (χ1n) is 6.42. The molecule has 2 aromatic heterocycles. The molecular weight excluding hydrogens is 274 g/mol. The molecule has 0 amide bonds. The third kappa shape index (κ3) is 3.33. The summed E-state index contributed by atoms with van der Waals surface area (Å²) < 4.78 is 0. The standard InChI is InChI=1S/C14H17N3O2S/c1-4-11-5-10(14(18)19)6-12(17-11)16-9(3)13-15-7-8(2)20-13/h5-7,9H,4H2,1-3H3,(H,16,17)(H,18,19). The summed E-state index contributed by atoms with van der Waals surface area (Å²) in [5.74, 6) is -0.370. The number of thiazole rings is 1. The van der Waals surface area contributed by atoms with Gasteiger partial charge in [-0.05, 0) is 32.4 Å². The molecule has 2 N–H and O–H groups in total. The van der Waals surface area contributed by atoms with Crippen molar-refractivity contribution in [2.45, 2.75) is 33.2 Å². The lowest BCUT2D eigenvalue weighted by atomic mass is 10.2. The summed E-state index contributed by atoms with van der Waals surface area (Å²) in [6.45, 7) is 5.94. The molecule has 1 atom stereocenters.